The van der Waals surface area contributed by atoms with Gasteiger partial charge in [-0.25, -0.2) is 13.2 Å². The van der Waals surface area contributed by atoms with E-state index in [1.54, 1.807) is 12.1 Å². The maximum Gasteiger partial charge on any atom is 0.183 e. The minimum absolute atomic E-state index is 0.280. The molecule has 4 rings (SSSR count). The Kier molecular flexibility index (Phi) is 7.48. The van der Waals surface area contributed by atoms with Crippen LogP contribution in [0.2, 0.25) is 0 Å². The van der Waals surface area contributed by atoms with Crippen molar-refractivity contribution in [1.29, 1.82) is 0 Å². The van der Waals surface area contributed by atoms with Gasteiger partial charge in [-0.1, -0.05) is 56.5 Å². The van der Waals surface area contributed by atoms with Gasteiger partial charge in [0.25, 0.3) is 0 Å². The molecule has 170 valence electrons. The zero-order valence-corrected chi connectivity index (χ0v) is 18.4. The van der Waals surface area contributed by atoms with E-state index in [4.69, 9.17) is 9.47 Å². The van der Waals surface area contributed by atoms with Crippen LogP contribution >= 0.6 is 0 Å². The standard InChI is InChI=1S/C27H29F3O2/c1-2-3-4-5-19-16-31-27(32-17-19)22-11-12-23-21(15-22)10-9-20(26(23)30)8-6-18-7-13-24(28)25(29)14-18/h7,9-15,19,27H,2-6,8,16-17H2,1H3. The average Bonchev–Trinajstić information content (AvgIpc) is 2.81. The van der Waals surface area contributed by atoms with Crippen molar-refractivity contribution in [2.24, 2.45) is 5.92 Å². The topological polar surface area (TPSA) is 18.5 Å². The molecule has 2 nitrogen and oxygen atoms in total. The van der Waals surface area contributed by atoms with Gasteiger partial charge in [-0.2, -0.15) is 0 Å². The third kappa shape index (κ3) is 5.33. The Morgan fingerprint density at radius 2 is 1.66 bits per heavy atom. The molecule has 0 spiro atoms. The Hall–Kier alpha value is -2.37. The maximum absolute atomic E-state index is 15.1. The number of halogens is 3. The SMILES string of the molecule is CCCCCC1COC(c2ccc3c(F)c(CCc4ccc(F)c(F)c4)ccc3c2)OC1. The van der Waals surface area contributed by atoms with Crippen molar-refractivity contribution in [2.45, 2.75) is 51.7 Å². The molecular weight excluding hydrogens is 413 g/mol. The second-order valence-corrected chi connectivity index (χ2v) is 8.63. The first-order valence-electron chi connectivity index (χ1n) is 11.4. The van der Waals surface area contributed by atoms with E-state index in [0.717, 1.165) is 23.4 Å². The van der Waals surface area contributed by atoms with Crippen molar-refractivity contribution in [1.82, 2.24) is 0 Å². The van der Waals surface area contributed by atoms with Gasteiger partial charge in [0, 0.05) is 16.9 Å². The number of rotatable bonds is 8. The highest BCUT2D eigenvalue weighted by Gasteiger charge is 2.23. The fourth-order valence-electron chi connectivity index (χ4n) is 4.25. The summed E-state index contributed by atoms with van der Waals surface area (Å²) in [4.78, 5) is 0. The van der Waals surface area contributed by atoms with Crippen LogP contribution in [0, 0.1) is 23.4 Å². The van der Waals surface area contributed by atoms with Crippen molar-refractivity contribution >= 4 is 10.8 Å². The number of aryl methyl sites for hydroxylation is 2. The third-order valence-electron chi connectivity index (χ3n) is 6.18. The first-order valence-corrected chi connectivity index (χ1v) is 11.4. The number of fused-ring (bicyclic) bond motifs is 1. The van der Waals surface area contributed by atoms with Gasteiger partial charge in [0.15, 0.2) is 17.9 Å². The van der Waals surface area contributed by atoms with Gasteiger partial charge in [-0.15, -0.1) is 0 Å². The number of unbranched alkanes of at least 4 members (excludes halogenated alkanes) is 2. The molecule has 1 aliphatic heterocycles. The second kappa shape index (κ2) is 10.5. The molecule has 0 amide bonds. The number of hydrogen-bond acceptors (Lipinski definition) is 2. The Balaban J connectivity index is 1.41. The van der Waals surface area contributed by atoms with E-state index in [9.17, 15) is 8.78 Å². The molecule has 0 saturated carbocycles. The molecule has 1 aliphatic rings. The van der Waals surface area contributed by atoms with Gasteiger partial charge in [0.1, 0.15) is 5.82 Å². The summed E-state index contributed by atoms with van der Waals surface area (Å²) in [5.41, 5.74) is 2.08. The average molecular weight is 443 g/mol. The third-order valence-corrected chi connectivity index (χ3v) is 6.18. The van der Waals surface area contributed by atoms with Crippen LogP contribution in [0.4, 0.5) is 13.2 Å². The number of ether oxygens (including phenoxy) is 2. The lowest BCUT2D eigenvalue weighted by Gasteiger charge is -2.29. The lowest BCUT2D eigenvalue weighted by atomic mass is 9.98. The smallest absolute Gasteiger partial charge is 0.183 e. The molecule has 32 heavy (non-hydrogen) atoms. The molecule has 3 aromatic rings. The molecule has 0 aliphatic carbocycles. The van der Waals surface area contributed by atoms with Crippen LogP contribution in [0.1, 0.15) is 55.6 Å². The Morgan fingerprint density at radius 3 is 2.41 bits per heavy atom. The quantitative estimate of drug-likeness (QED) is 0.341. The van der Waals surface area contributed by atoms with Gasteiger partial charge >= 0.3 is 0 Å². The molecule has 0 bridgehead atoms. The number of benzene rings is 3. The molecule has 1 fully saturated rings. The predicted octanol–water partition coefficient (Wildman–Crippen LogP) is 7.28. The van der Waals surface area contributed by atoms with E-state index >= 15 is 4.39 Å². The highest BCUT2D eigenvalue weighted by Crippen LogP contribution is 2.31. The van der Waals surface area contributed by atoms with Crippen molar-refractivity contribution in [3.05, 3.63) is 82.7 Å². The van der Waals surface area contributed by atoms with E-state index in [1.165, 1.54) is 31.4 Å². The Morgan fingerprint density at radius 1 is 0.844 bits per heavy atom. The molecule has 0 aromatic heterocycles. The van der Waals surface area contributed by atoms with Gasteiger partial charge in [-0.3, -0.25) is 0 Å². The predicted molar refractivity (Wildman–Crippen MR) is 120 cm³/mol. The minimum atomic E-state index is -0.881. The van der Waals surface area contributed by atoms with Crippen LogP contribution in [-0.4, -0.2) is 13.2 Å². The van der Waals surface area contributed by atoms with Gasteiger partial charge in [0.2, 0.25) is 0 Å². The van der Waals surface area contributed by atoms with Crippen LogP contribution in [0.5, 0.6) is 0 Å². The summed E-state index contributed by atoms with van der Waals surface area (Å²) in [7, 11) is 0. The summed E-state index contributed by atoms with van der Waals surface area (Å²) in [6.07, 6.45) is 5.18. The molecule has 0 atom stereocenters. The van der Waals surface area contributed by atoms with Gasteiger partial charge in [-0.05, 0) is 54.0 Å². The van der Waals surface area contributed by atoms with Crippen molar-refractivity contribution in [2.75, 3.05) is 13.2 Å². The Labute approximate surface area is 187 Å². The van der Waals surface area contributed by atoms with E-state index in [2.05, 4.69) is 6.92 Å². The van der Waals surface area contributed by atoms with Crippen molar-refractivity contribution in [3.8, 4) is 0 Å². The lowest BCUT2D eigenvalue weighted by molar-refractivity contribution is -0.206. The van der Waals surface area contributed by atoms with Crippen LogP contribution in [0.3, 0.4) is 0 Å². The summed E-state index contributed by atoms with van der Waals surface area (Å²) < 4.78 is 53.5. The van der Waals surface area contributed by atoms with Crippen LogP contribution in [-0.2, 0) is 22.3 Å². The van der Waals surface area contributed by atoms with Gasteiger partial charge < -0.3 is 9.47 Å². The zero-order chi connectivity index (χ0) is 22.5. The first kappa shape index (κ1) is 22.8. The summed E-state index contributed by atoms with van der Waals surface area (Å²) in [5, 5.41) is 1.32. The van der Waals surface area contributed by atoms with Crippen LogP contribution in [0.25, 0.3) is 10.8 Å². The maximum atomic E-state index is 15.1. The van der Waals surface area contributed by atoms with E-state index < -0.39 is 17.9 Å². The largest absolute Gasteiger partial charge is 0.348 e. The van der Waals surface area contributed by atoms with Crippen molar-refractivity contribution in [3.63, 3.8) is 0 Å². The molecule has 0 radical (unpaired) electrons. The molecular formula is C27H29F3O2. The summed E-state index contributed by atoms with van der Waals surface area (Å²) in [6, 6.07) is 13.0. The molecule has 3 aromatic carbocycles. The molecule has 1 saturated heterocycles. The Bertz CT molecular complexity index is 1060. The van der Waals surface area contributed by atoms with Crippen LogP contribution < -0.4 is 0 Å². The number of hydrogen-bond donors (Lipinski definition) is 0. The minimum Gasteiger partial charge on any atom is -0.348 e. The fraction of sp³-hybridized carbons (Fsp3) is 0.407. The summed E-state index contributed by atoms with van der Waals surface area (Å²) in [5.74, 6) is -1.60. The molecule has 1 heterocycles. The highest BCUT2D eigenvalue weighted by molar-refractivity contribution is 5.84. The van der Waals surface area contributed by atoms with Crippen molar-refractivity contribution < 1.29 is 22.6 Å². The molecule has 5 heteroatoms. The van der Waals surface area contributed by atoms with Crippen LogP contribution in [0.15, 0.2) is 48.5 Å². The van der Waals surface area contributed by atoms with E-state index in [1.807, 2.05) is 18.2 Å². The second-order valence-electron chi connectivity index (χ2n) is 8.63. The van der Waals surface area contributed by atoms with E-state index in [0.29, 0.717) is 48.5 Å². The monoisotopic (exact) mass is 442 g/mol. The van der Waals surface area contributed by atoms with E-state index in [-0.39, 0.29) is 5.82 Å². The summed E-state index contributed by atoms with van der Waals surface area (Å²) >= 11 is 0. The summed E-state index contributed by atoms with van der Waals surface area (Å²) in [6.45, 7) is 3.56. The lowest BCUT2D eigenvalue weighted by Crippen LogP contribution is -2.27. The molecule has 0 N–H and O–H groups in total. The highest BCUT2D eigenvalue weighted by atomic mass is 19.2. The zero-order valence-electron chi connectivity index (χ0n) is 18.4. The normalized spacial score (nSPS) is 18.9. The van der Waals surface area contributed by atoms with Gasteiger partial charge in [0.05, 0.1) is 13.2 Å². The molecule has 0 unspecified atom stereocenters. The fourth-order valence-corrected chi connectivity index (χ4v) is 4.25. The first-order chi connectivity index (χ1) is 15.5.